The molecule has 0 aliphatic heterocycles. The zero-order valence-corrected chi connectivity index (χ0v) is 22.5. The summed E-state index contributed by atoms with van der Waals surface area (Å²) in [7, 11) is 0. The van der Waals surface area contributed by atoms with E-state index >= 15 is 8.78 Å². The largest absolute Gasteiger partial charge is 0.509 e. The first-order chi connectivity index (χ1) is 17.5. The minimum Gasteiger partial charge on any atom is -0.447 e. The van der Waals surface area contributed by atoms with Gasteiger partial charge in [0.05, 0.1) is 6.10 Å². The summed E-state index contributed by atoms with van der Waals surface area (Å²) in [5.41, 5.74) is -8.33. The van der Waals surface area contributed by atoms with Crippen molar-refractivity contribution in [2.24, 2.45) is 28.6 Å². The van der Waals surface area contributed by atoms with E-state index in [2.05, 4.69) is 0 Å². The van der Waals surface area contributed by atoms with Crippen LogP contribution in [0.5, 0.6) is 0 Å². The Morgan fingerprint density at radius 1 is 1.24 bits per heavy atom. The summed E-state index contributed by atoms with van der Waals surface area (Å²) in [5.74, 6) is -3.98. The standard InChI is InChI=1S/C28H35F2NO7/c1-15-11-17-18-13-20(29)19-12-16(32)7-8-25(19,5)27(18,30)21(33)14-26(17,6)28(15,22(34)36-10-9-31)38-23(35)37-24(2,3)4/h7-8,12,15,17-18,20-21,33H,10-11,13-14H2,1-6H3/t15-,17+,18+,20+,21+,25+,26+,27?,28-/m1/s1. The van der Waals surface area contributed by atoms with Crippen LogP contribution in [0.15, 0.2) is 23.8 Å². The number of allylic oxidation sites excluding steroid dienone is 4. The SMILES string of the molecule is C[C@@H]1C[C@H]2[C@@H]3C[C@H](F)C4=CC(=O)C=C[C@]4(C)C3(F)[C@@H](O)C[C@]2(C)[C@]1(OC(=O)OC(C)(C)C)C(=O)OCC#N. The Morgan fingerprint density at radius 3 is 2.50 bits per heavy atom. The molecular weight excluding hydrogens is 500 g/mol. The second-order valence-corrected chi connectivity index (χ2v) is 12.5. The zero-order valence-electron chi connectivity index (χ0n) is 22.5. The van der Waals surface area contributed by atoms with E-state index in [-0.39, 0.29) is 24.8 Å². The number of esters is 1. The fraction of sp³-hybridized carbons (Fsp3) is 0.714. The molecule has 0 aromatic heterocycles. The molecule has 0 bridgehead atoms. The number of ketones is 1. The van der Waals surface area contributed by atoms with Gasteiger partial charge in [-0.15, -0.1) is 0 Å². The van der Waals surface area contributed by atoms with Crippen LogP contribution in [0.3, 0.4) is 0 Å². The lowest BCUT2D eigenvalue weighted by Gasteiger charge is -2.62. The lowest BCUT2D eigenvalue weighted by molar-refractivity contribution is -0.234. The fourth-order valence-electron chi connectivity index (χ4n) is 7.83. The molecule has 8 nitrogen and oxygen atoms in total. The Hall–Kier alpha value is -2.80. The van der Waals surface area contributed by atoms with Crippen molar-refractivity contribution in [1.82, 2.24) is 0 Å². The molecule has 208 valence electrons. The van der Waals surface area contributed by atoms with Gasteiger partial charge in [-0.05, 0) is 70.6 Å². The van der Waals surface area contributed by atoms with Gasteiger partial charge >= 0.3 is 12.1 Å². The number of hydrogen-bond acceptors (Lipinski definition) is 8. The van der Waals surface area contributed by atoms with Crippen LogP contribution in [0, 0.1) is 39.9 Å². The summed E-state index contributed by atoms with van der Waals surface area (Å²) >= 11 is 0. The zero-order chi connectivity index (χ0) is 28.5. The number of nitriles is 1. The van der Waals surface area contributed by atoms with Gasteiger partial charge in [-0.25, -0.2) is 18.4 Å². The molecule has 4 rings (SSSR count). The summed E-state index contributed by atoms with van der Waals surface area (Å²) in [6, 6.07) is 1.72. The maximum absolute atomic E-state index is 17.4. The van der Waals surface area contributed by atoms with Gasteiger partial charge in [-0.2, -0.15) is 5.26 Å². The number of alkyl halides is 2. The number of halogens is 2. The number of nitrogens with zero attached hydrogens (tertiary/aromatic N) is 1. The third-order valence-electron chi connectivity index (χ3n) is 9.37. The van der Waals surface area contributed by atoms with Crippen molar-refractivity contribution < 1.29 is 42.5 Å². The van der Waals surface area contributed by atoms with Crippen LogP contribution in [0.1, 0.15) is 60.8 Å². The molecule has 0 amide bonds. The van der Waals surface area contributed by atoms with Crippen molar-refractivity contribution in [1.29, 1.82) is 5.26 Å². The smallest absolute Gasteiger partial charge is 0.447 e. The quantitative estimate of drug-likeness (QED) is 0.531. The predicted octanol–water partition coefficient (Wildman–Crippen LogP) is 4.31. The van der Waals surface area contributed by atoms with Gasteiger partial charge in [0.25, 0.3) is 0 Å². The lowest BCUT2D eigenvalue weighted by atomic mass is 9.44. The Bertz CT molecular complexity index is 1150. The second kappa shape index (κ2) is 8.87. The number of carbonyl (C=O) groups excluding carboxylic acids is 3. The van der Waals surface area contributed by atoms with E-state index in [0.717, 1.165) is 6.08 Å². The average Bonchev–Trinajstić information content (AvgIpc) is 3.01. The molecular formula is C28H35F2NO7. The molecule has 0 aromatic carbocycles. The van der Waals surface area contributed by atoms with E-state index < -0.39 is 82.2 Å². The molecule has 1 unspecified atom stereocenters. The molecule has 3 saturated carbocycles. The normalized spacial score (nSPS) is 43.6. The third kappa shape index (κ3) is 3.72. The Balaban J connectivity index is 1.84. The van der Waals surface area contributed by atoms with E-state index in [1.54, 1.807) is 40.7 Å². The van der Waals surface area contributed by atoms with Crippen LogP contribution >= 0.6 is 0 Å². The highest BCUT2D eigenvalue weighted by Gasteiger charge is 2.79. The maximum atomic E-state index is 17.4. The van der Waals surface area contributed by atoms with Crippen molar-refractivity contribution in [3.05, 3.63) is 23.8 Å². The summed E-state index contributed by atoms with van der Waals surface area (Å²) in [4.78, 5) is 38.6. The van der Waals surface area contributed by atoms with Crippen LogP contribution in [-0.4, -0.2) is 58.8 Å². The molecule has 10 heteroatoms. The molecule has 0 saturated heterocycles. The molecule has 4 aliphatic carbocycles. The maximum Gasteiger partial charge on any atom is 0.509 e. The Morgan fingerprint density at radius 2 is 1.89 bits per heavy atom. The number of ether oxygens (including phenoxy) is 3. The van der Waals surface area contributed by atoms with E-state index in [1.807, 2.05) is 0 Å². The lowest BCUT2D eigenvalue weighted by Crippen LogP contribution is -2.71. The first-order valence-corrected chi connectivity index (χ1v) is 12.9. The van der Waals surface area contributed by atoms with Gasteiger partial charge in [0.15, 0.2) is 18.1 Å². The van der Waals surface area contributed by atoms with Gasteiger partial charge in [0, 0.05) is 22.7 Å². The van der Waals surface area contributed by atoms with Crippen molar-refractivity contribution in [2.75, 3.05) is 6.61 Å². The molecule has 1 N–H and O–H groups in total. The van der Waals surface area contributed by atoms with E-state index in [4.69, 9.17) is 19.5 Å². The van der Waals surface area contributed by atoms with Crippen LogP contribution in [-0.2, 0) is 23.8 Å². The second-order valence-electron chi connectivity index (χ2n) is 12.5. The number of carbonyl (C=O) groups is 3. The predicted molar refractivity (Wildman–Crippen MR) is 130 cm³/mol. The summed E-state index contributed by atoms with van der Waals surface area (Å²) in [5, 5.41) is 20.5. The summed E-state index contributed by atoms with van der Waals surface area (Å²) in [6.45, 7) is 9.00. The number of hydrogen-bond donors (Lipinski definition) is 1. The molecule has 0 spiro atoms. The van der Waals surface area contributed by atoms with E-state index in [0.29, 0.717) is 0 Å². The molecule has 38 heavy (non-hydrogen) atoms. The number of aliphatic hydroxyl groups excluding tert-OH is 1. The van der Waals surface area contributed by atoms with Gasteiger partial charge in [0.2, 0.25) is 5.60 Å². The highest BCUT2D eigenvalue weighted by molar-refractivity contribution is 6.01. The molecule has 0 aromatic rings. The highest BCUT2D eigenvalue weighted by Crippen LogP contribution is 2.71. The highest BCUT2D eigenvalue weighted by atomic mass is 19.1. The molecule has 9 atom stereocenters. The van der Waals surface area contributed by atoms with Crippen molar-refractivity contribution >= 4 is 17.9 Å². The number of fused-ring (bicyclic) bond motifs is 5. The van der Waals surface area contributed by atoms with Gasteiger partial charge in [-0.3, -0.25) is 4.79 Å². The first-order valence-electron chi connectivity index (χ1n) is 12.9. The van der Waals surface area contributed by atoms with Crippen LogP contribution < -0.4 is 0 Å². The van der Waals surface area contributed by atoms with Gasteiger partial charge < -0.3 is 19.3 Å². The molecule has 0 radical (unpaired) electrons. The van der Waals surface area contributed by atoms with E-state index in [1.165, 1.54) is 19.1 Å². The topological polar surface area (TPSA) is 123 Å². The van der Waals surface area contributed by atoms with Crippen LogP contribution in [0.25, 0.3) is 0 Å². The minimum absolute atomic E-state index is 0.0119. The Labute approximate surface area is 221 Å². The monoisotopic (exact) mass is 535 g/mol. The molecule has 4 aliphatic rings. The van der Waals surface area contributed by atoms with Crippen molar-refractivity contribution in [3.8, 4) is 6.07 Å². The van der Waals surface area contributed by atoms with Gasteiger partial charge in [0.1, 0.15) is 17.8 Å². The Kier molecular flexibility index (Phi) is 6.58. The summed E-state index contributed by atoms with van der Waals surface area (Å²) < 4.78 is 49.4. The minimum atomic E-state index is -2.36. The number of aliphatic hydroxyl groups is 1. The van der Waals surface area contributed by atoms with Gasteiger partial charge in [-0.1, -0.05) is 19.9 Å². The summed E-state index contributed by atoms with van der Waals surface area (Å²) in [6.07, 6.45) is -1.36. The molecule has 3 fully saturated rings. The first kappa shape index (κ1) is 28.2. The average molecular weight is 536 g/mol. The molecule has 0 heterocycles. The van der Waals surface area contributed by atoms with Crippen molar-refractivity contribution in [3.63, 3.8) is 0 Å². The van der Waals surface area contributed by atoms with Crippen LogP contribution in [0.2, 0.25) is 0 Å². The van der Waals surface area contributed by atoms with Crippen molar-refractivity contribution in [2.45, 2.75) is 90.0 Å². The van der Waals surface area contributed by atoms with E-state index in [9.17, 15) is 19.5 Å². The third-order valence-corrected chi connectivity index (χ3v) is 9.37. The fourth-order valence-corrected chi connectivity index (χ4v) is 7.83. The van der Waals surface area contributed by atoms with Crippen LogP contribution in [0.4, 0.5) is 13.6 Å². The number of rotatable bonds is 3.